The van der Waals surface area contributed by atoms with Crippen LogP contribution >= 0.6 is 11.6 Å². The highest BCUT2D eigenvalue weighted by molar-refractivity contribution is 6.30. The standard InChI is InChI=1S/C27H19ClF3N3O3/c28-17-5-1-14(2-6-17)27(36)34-21-12-18(29)24(30)23(25(21)31)26(35)16-4-7-19-15(11-16)3-8-20(33-19)22-13-37-10-9-32-22/h1-8,11-12,22,32H,9-10,13H2,(H,34,36). The third-order valence-electron chi connectivity index (χ3n) is 5.99. The number of hydrogen-bond acceptors (Lipinski definition) is 5. The van der Waals surface area contributed by atoms with Crippen molar-refractivity contribution >= 4 is 39.9 Å². The maximum Gasteiger partial charge on any atom is 0.255 e. The summed E-state index contributed by atoms with van der Waals surface area (Å²) in [4.78, 5) is 30.2. The molecule has 0 aliphatic carbocycles. The van der Waals surface area contributed by atoms with Gasteiger partial charge in [-0.25, -0.2) is 13.2 Å². The van der Waals surface area contributed by atoms with Gasteiger partial charge < -0.3 is 15.4 Å². The van der Waals surface area contributed by atoms with E-state index in [0.717, 1.165) is 5.69 Å². The number of ketones is 1. The molecule has 0 saturated carbocycles. The first-order valence-corrected chi connectivity index (χ1v) is 11.7. The quantitative estimate of drug-likeness (QED) is 0.267. The third-order valence-corrected chi connectivity index (χ3v) is 6.24. The summed E-state index contributed by atoms with van der Waals surface area (Å²) in [5.74, 6) is -6.38. The number of hydrogen-bond donors (Lipinski definition) is 2. The van der Waals surface area contributed by atoms with Crippen molar-refractivity contribution in [3.63, 3.8) is 0 Å². The largest absolute Gasteiger partial charge is 0.378 e. The summed E-state index contributed by atoms with van der Waals surface area (Å²) in [6.45, 7) is 1.80. The molecule has 6 nitrogen and oxygen atoms in total. The van der Waals surface area contributed by atoms with Gasteiger partial charge >= 0.3 is 0 Å². The molecular weight excluding hydrogens is 507 g/mol. The zero-order valence-electron chi connectivity index (χ0n) is 19.2. The van der Waals surface area contributed by atoms with Gasteiger partial charge in [-0.3, -0.25) is 14.6 Å². The Morgan fingerprint density at radius 2 is 1.73 bits per heavy atom. The van der Waals surface area contributed by atoms with E-state index >= 15 is 4.39 Å². The van der Waals surface area contributed by atoms with Crippen LogP contribution in [0.15, 0.2) is 60.7 Å². The lowest BCUT2D eigenvalue weighted by atomic mass is 9.99. The summed E-state index contributed by atoms with van der Waals surface area (Å²) in [5.41, 5.74) is -0.417. The lowest BCUT2D eigenvalue weighted by Crippen LogP contribution is -2.35. The van der Waals surface area contributed by atoms with E-state index < -0.39 is 40.4 Å². The first kappa shape index (κ1) is 24.9. The number of ether oxygens (including phenoxy) is 1. The average molecular weight is 526 g/mol. The predicted molar refractivity (Wildman–Crippen MR) is 132 cm³/mol. The molecule has 0 bridgehead atoms. The highest BCUT2D eigenvalue weighted by atomic mass is 35.5. The van der Waals surface area contributed by atoms with Gasteiger partial charge in [0.1, 0.15) is 0 Å². The van der Waals surface area contributed by atoms with Crippen LogP contribution in [0.2, 0.25) is 5.02 Å². The second kappa shape index (κ2) is 10.3. The molecule has 1 aliphatic heterocycles. The molecule has 3 aromatic carbocycles. The molecule has 1 aromatic heterocycles. The van der Waals surface area contributed by atoms with Gasteiger partial charge in [0.2, 0.25) is 0 Å². The van der Waals surface area contributed by atoms with Crippen molar-refractivity contribution in [3.05, 3.63) is 106 Å². The maximum absolute atomic E-state index is 15.3. The van der Waals surface area contributed by atoms with Crippen LogP contribution in [-0.4, -0.2) is 36.4 Å². The molecule has 2 heterocycles. The second-order valence-corrected chi connectivity index (χ2v) is 8.86. The van der Waals surface area contributed by atoms with E-state index in [4.69, 9.17) is 16.3 Å². The number of pyridine rings is 1. The SMILES string of the molecule is O=C(Nc1cc(F)c(F)c(C(=O)c2ccc3nc(C4COCCN4)ccc3c2)c1F)c1ccc(Cl)cc1. The molecule has 1 saturated heterocycles. The van der Waals surface area contributed by atoms with Gasteiger partial charge in [-0.1, -0.05) is 17.7 Å². The fourth-order valence-electron chi connectivity index (χ4n) is 4.07. The predicted octanol–water partition coefficient (Wildman–Crippen LogP) is 5.45. The second-order valence-electron chi connectivity index (χ2n) is 8.42. The average Bonchev–Trinajstić information content (AvgIpc) is 2.92. The van der Waals surface area contributed by atoms with E-state index in [1.807, 2.05) is 0 Å². The van der Waals surface area contributed by atoms with Gasteiger partial charge in [0.05, 0.1) is 41.7 Å². The molecule has 188 valence electrons. The first-order valence-electron chi connectivity index (χ1n) is 11.3. The molecule has 1 unspecified atom stereocenters. The number of fused-ring (bicyclic) bond motifs is 1. The van der Waals surface area contributed by atoms with E-state index in [1.54, 1.807) is 18.2 Å². The van der Waals surface area contributed by atoms with Gasteiger partial charge in [-0.15, -0.1) is 0 Å². The Morgan fingerprint density at radius 3 is 2.46 bits per heavy atom. The van der Waals surface area contributed by atoms with Crippen molar-refractivity contribution in [1.29, 1.82) is 0 Å². The highest BCUT2D eigenvalue weighted by Crippen LogP contribution is 2.28. The Labute approximate surface area is 214 Å². The minimum absolute atomic E-state index is 0.0699. The van der Waals surface area contributed by atoms with Gasteiger partial charge in [0.15, 0.2) is 23.2 Å². The number of morpholine rings is 1. The topological polar surface area (TPSA) is 80.3 Å². The van der Waals surface area contributed by atoms with Crippen molar-refractivity contribution in [2.75, 3.05) is 25.1 Å². The molecule has 1 aliphatic rings. The Bertz CT molecular complexity index is 1520. The van der Waals surface area contributed by atoms with Gasteiger partial charge in [-0.2, -0.15) is 0 Å². The number of anilines is 1. The van der Waals surface area contributed by atoms with Crippen LogP contribution < -0.4 is 10.6 Å². The van der Waals surface area contributed by atoms with Crippen LogP contribution in [0.4, 0.5) is 18.9 Å². The Morgan fingerprint density at radius 1 is 0.973 bits per heavy atom. The minimum atomic E-state index is -1.65. The first-order chi connectivity index (χ1) is 17.8. The minimum Gasteiger partial charge on any atom is -0.378 e. The van der Waals surface area contributed by atoms with Crippen molar-refractivity contribution < 1.29 is 27.5 Å². The van der Waals surface area contributed by atoms with Crippen LogP contribution in [0.3, 0.4) is 0 Å². The lowest BCUT2D eigenvalue weighted by Gasteiger charge is -2.23. The zero-order valence-corrected chi connectivity index (χ0v) is 19.9. The lowest BCUT2D eigenvalue weighted by molar-refractivity contribution is 0.0757. The number of aromatic nitrogens is 1. The van der Waals surface area contributed by atoms with Gasteiger partial charge in [0.25, 0.3) is 5.91 Å². The van der Waals surface area contributed by atoms with Crippen molar-refractivity contribution in [1.82, 2.24) is 10.3 Å². The van der Waals surface area contributed by atoms with E-state index in [1.165, 1.54) is 36.4 Å². The van der Waals surface area contributed by atoms with Crippen LogP contribution in [0.5, 0.6) is 0 Å². The molecule has 1 fully saturated rings. The maximum atomic E-state index is 15.3. The molecule has 0 spiro atoms. The zero-order chi connectivity index (χ0) is 26.1. The normalized spacial score (nSPS) is 15.5. The molecule has 2 N–H and O–H groups in total. The molecule has 10 heteroatoms. The Hall–Kier alpha value is -3.79. The number of carbonyl (C=O) groups is 2. The smallest absolute Gasteiger partial charge is 0.255 e. The Kier molecular flexibility index (Phi) is 6.92. The Balaban J connectivity index is 1.45. The summed E-state index contributed by atoms with van der Waals surface area (Å²) >= 11 is 5.80. The van der Waals surface area contributed by atoms with Crippen molar-refractivity contribution in [3.8, 4) is 0 Å². The van der Waals surface area contributed by atoms with Crippen LogP contribution in [0.25, 0.3) is 10.9 Å². The van der Waals surface area contributed by atoms with E-state index in [-0.39, 0.29) is 17.2 Å². The van der Waals surface area contributed by atoms with Crippen molar-refractivity contribution in [2.45, 2.75) is 6.04 Å². The molecule has 1 atom stereocenters. The van der Waals surface area contributed by atoms with Crippen LogP contribution in [0, 0.1) is 17.5 Å². The molecule has 4 aromatic rings. The van der Waals surface area contributed by atoms with Crippen LogP contribution in [0.1, 0.15) is 38.0 Å². The molecule has 1 amide bonds. The van der Waals surface area contributed by atoms with Crippen molar-refractivity contribution in [2.24, 2.45) is 0 Å². The number of carbonyl (C=O) groups excluding carboxylic acids is 2. The number of benzene rings is 3. The number of nitrogens with zero attached hydrogens (tertiary/aromatic N) is 1. The number of nitrogens with one attached hydrogen (secondary N) is 2. The number of amides is 1. The molecule has 5 rings (SSSR count). The molecular formula is C27H19ClF3N3O3. The van der Waals surface area contributed by atoms with E-state index in [2.05, 4.69) is 15.6 Å². The van der Waals surface area contributed by atoms with Crippen LogP contribution in [-0.2, 0) is 4.74 Å². The van der Waals surface area contributed by atoms with E-state index in [0.29, 0.717) is 41.8 Å². The number of rotatable bonds is 5. The summed E-state index contributed by atoms with van der Waals surface area (Å²) in [5, 5.41) is 6.42. The summed E-state index contributed by atoms with van der Waals surface area (Å²) < 4.78 is 49.8. The van der Waals surface area contributed by atoms with E-state index in [9.17, 15) is 18.4 Å². The molecule has 0 radical (unpaired) electrons. The summed E-state index contributed by atoms with van der Waals surface area (Å²) in [6.07, 6.45) is 0. The summed E-state index contributed by atoms with van der Waals surface area (Å²) in [7, 11) is 0. The molecule has 37 heavy (non-hydrogen) atoms. The number of halogens is 4. The van der Waals surface area contributed by atoms with Gasteiger partial charge in [0, 0.05) is 34.1 Å². The third kappa shape index (κ3) is 5.06. The fraction of sp³-hybridized carbons (Fsp3) is 0.148. The highest BCUT2D eigenvalue weighted by Gasteiger charge is 2.27. The summed E-state index contributed by atoms with van der Waals surface area (Å²) in [6, 6.07) is 13.9. The monoisotopic (exact) mass is 525 g/mol. The fourth-order valence-corrected chi connectivity index (χ4v) is 4.19. The van der Waals surface area contributed by atoms with Gasteiger partial charge in [-0.05, 0) is 48.5 Å².